The van der Waals surface area contributed by atoms with Gasteiger partial charge in [-0.1, -0.05) is 34.8 Å². The topological polar surface area (TPSA) is 17.8 Å². The van der Waals surface area contributed by atoms with E-state index in [0.717, 1.165) is 12.1 Å². The minimum Gasteiger partial charge on any atom is -0.246 e. The Hall–Kier alpha value is -2.48. The molecular formula is C18H10BrF5N2. The van der Waals surface area contributed by atoms with E-state index in [-0.39, 0.29) is 40.3 Å². The van der Waals surface area contributed by atoms with E-state index in [9.17, 15) is 22.0 Å². The lowest BCUT2D eigenvalue weighted by molar-refractivity contribution is 0.263. The van der Waals surface area contributed by atoms with Crippen LogP contribution in [0.2, 0.25) is 0 Å². The van der Waals surface area contributed by atoms with E-state index < -0.39 is 39.1 Å². The van der Waals surface area contributed by atoms with Crippen molar-refractivity contribution < 1.29 is 22.0 Å². The SMILES string of the molecule is Br.Fc1ccc2nc3c(Cc4ccccc4)n(F)c(F)c(F)c-3c2c1F. The molecule has 26 heavy (non-hydrogen) atoms. The van der Waals surface area contributed by atoms with Crippen LogP contribution < -0.4 is 0 Å². The molecule has 0 fully saturated rings. The van der Waals surface area contributed by atoms with Gasteiger partial charge in [-0.3, -0.25) is 0 Å². The van der Waals surface area contributed by atoms with Crippen molar-refractivity contribution in [2.75, 3.05) is 0 Å². The number of fused-ring (bicyclic) bond motifs is 3. The van der Waals surface area contributed by atoms with Gasteiger partial charge in [0, 0.05) is 6.42 Å². The summed E-state index contributed by atoms with van der Waals surface area (Å²) >= 11 is 0. The Morgan fingerprint density at radius 1 is 0.885 bits per heavy atom. The van der Waals surface area contributed by atoms with E-state index in [2.05, 4.69) is 4.98 Å². The third kappa shape index (κ3) is 2.65. The molecule has 2 aliphatic heterocycles. The van der Waals surface area contributed by atoms with E-state index in [0.29, 0.717) is 5.56 Å². The molecule has 2 nitrogen and oxygen atoms in total. The van der Waals surface area contributed by atoms with Gasteiger partial charge in [-0.05, 0) is 17.7 Å². The predicted octanol–water partition coefficient (Wildman–Crippen LogP) is 5.60. The van der Waals surface area contributed by atoms with Gasteiger partial charge in [0.25, 0.3) is 5.95 Å². The Balaban J connectivity index is 0.00000196. The number of pyridine rings is 1. The molecule has 2 aliphatic rings. The highest BCUT2D eigenvalue weighted by atomic mass is 79.9. The maximum absolute atomic E-state index is 14.3. The largest absolute Gasteiger partial charge is 0.258 e. The first-order valence-corrected chi connectivity index (χ1v) is 7.35. The lowest BCUT2D eigenvalue weighted by Crippen LogP contribution is -2.10. The molecule has 8 heteroatoms. The molecule has 0 N–H and O–H groups in total. The lowest BCUT2D eigenvalue weighted by atomic mass is 10.0. The van der Waals surface area contributed by atoms with E-state index in [1.54, 1.807) is 30.3 Å². The second-order valence-corrected chi connectivity index (χ2v) is 5.59. The minimum atomic E-state index is -1.81. The van der Waals surface area contributed by atoms with Crippen LogP contribution in [-0.4, -0.2) is 9.77 Å². The third-order valence-corrected chi connectivity index (χ3v) is 4.09. The Morgan fingerprint density at radius 2 is 1.58 bits per heavy atom. The van der Waals surface area contributed by atoms with Crippen molar-refractivity contribution in [2.45, 2.75) is 6.42 Å². The van der Waals surface area contributed by atoms with Crippen molar-refractivity contribution in [2.24, 2.45) is 0 Å². The standard InChI is InChI=1S/C18H9F5N2.BrH/c19-10-6-7-11-13(15(10)20)14-16(21)18(22)25(23)12(17(14)24-11)8-9-4-2-1-3-5-9;/h1-7H,8H2;1H. The van der Waals surface area contributed by atoms with Crippen molar-refractivity contribution >= 4 is 27.9 Å². The zero-order chi connectivity index (χ0) is 17.7. The summed E-state index contributed by atoms with van der Waals surface area (Å²) in [7, 11) is 0. The second-order valence-electron chi connectivity index (χ2n) is 5.59. The predicted molar refractivity (Wildman–Crippen MR) is 92.3 cm³/mol. The fourth-order valence-electron chi connectivity index (χ4n) is 2.93. The molecule has 4 rings (SSSR count). The molecule has 0 saturated carbocycles. The zero-order valence-corrected chi connectivity index (χ0v) is 14.7. The van der Waals surface area contributed by atoms with Gasteiger partial charge < -0.3 is 0 Å². The van der Waals surface area contributed by atoms with E-state index in [1.165, 1.54) is 0 Å². The minimum absolute atomic E-state index is 0. The van der Waals surface area contributed by atoms with E-state index >= 15 is 0 Å². The Kier molecular flexibility index (Phi) is 4.70. The van der Waals surface area contributed by atoms with Crippen molar-refractivity contribution in [1.82, 2.24) is 9.77 Å². The fourth-order valence-corrected chi connectivity index (χ4v) is 2.93. The van der Waals surface area contributed by atoms with Crippen LogP contribution in [0, 0.1) is 23.4 Å². The average Bonchev–Trinajstić information content (AvgIpc) is 3.01. The van der Waals surface area contributed by atoms with Gasteiger partial charge in [0.05, 0.1) is 27.9 Å². The molecular weight excluding hydrogens is 419 g/mol. The second kappa shape index (κ2) is 6.68. The molecule has 0 bridgehead atoms. The van der Waals surface area contributed by atoms with Crippen molar-refractivity contribution in [3.8, 4) is 11.3 Å². The summed E-state index contributed by atoms with van der Waals surface area (Å²) < 4.78 is 70.2. The summed E-state index contributed by atoms with van der Waals surface area (Å²) in [4.78, 5) is 3.56. The average molecular weight is 429 g/mol. The summed E-state index contributed by atoms with van der Waals surface area (Å²) in [5.41, 5.74) is -0.544. The molecule has 2 aromatic rings. The van der Waals surface area contributed by atoms with Crippen LogP contribution in [0.3, 0.4) is 0 Å². The molecule has 2 heterocycles. The van der Waals surface area contributed by atoms with Crippen molar-refractivity contribution in [3.05, 3.63) is 77.1 Å². The lowest BCUT2D eigenvalue weighted by Gasteiger charge is -2.13. The van der Waals surface area contributed by atoms with Gasteiger partial charge >= 0.3 is 0 Å². The molecule has 0 amide bonds. The number of halogens is 6. The first-order chi connectivity index (χ1) is 12.0. The molecule has 0 aromatic heterocycles. The fraction of sp³-hybridized carbons (Fsp3) is 0.0556. The van der Waals surface area contributed by atoms with Crippen LogP contribution in [0.4, 0.5) is 22.0 Å². The van der Waals surface area contributed by atoms with Gasteiger partial charge in [-0.15, -0.1) is 17.0 Å². The highest BCUT2D eigenvalue weighted by Gasteiger charge is 2.30. The Labute approximate surface area is 154 Å². The van der Waals surface area contributed by atoms with Gasteiger partial charge in [0.15, 0.2) is 17.5 Å². The molecule has 0 aliphatic carbocycles. The summed E-state index contributed by atoms with van der Waals surface area (Å²) in [5.74, 6) is -5.98. The summed E-state index contributed by atoms with van der Waals surface area (Å²) in [6, 6.07) is 10.5. The van der Waals surface area contributed by atoms with Crippen molar-refractivity contribution in [3.63, 3.8) is 0 Å². The monoisotopic (exact) mass is 428 g/mol. The van der Waals surface area contributed by atoms with Crippen LogP contribution in [0.25, 0.3) is 22.2 Å². The summed E-state index contributed by atoms with van der Waals surface area (Å²) in [6.07, 6.45) is -0.0987. The Bertz CT molecular complexity index is 1080. The van der Waals surface area contributed by atoms with E-state index in [4.69, 9.17) is 0 Å². The molecule has 0 radical (unpaired) electrons. The zero-order valence-electron chi connectivity index (χ0n) is 12.9. The first kappa shape index (κ1) is 18.3. The maximum atomic E-state index is 14.3. The molecule has 0 spiro atoms. The number of rotatable bonds is 2. The van der Waals surface area contributed by atoms with E-state index in [1.807, 2.05) is 0 Å². The molecule has 2 aromatic carbocycles. The van der Waals surface area contributed by atoms with Gasteiger partial charge in [0.2, 0.25) is 0 Å². The highest BCUT2D eigenvalue weighted by molar-refractivity contribution is 8.93. The molecule has 0 unspecified atom stereocenters. The van der Waals surface area contributed by atoms with Crippen LogP contribution in [0.5, 0.6) is 0 Å². The van der Waals surface area contributed by atoms with Crippen LogP contribution in [0.15, 0.2) is 42.5 Å². The summed E-state index contributed by atoms with van der Waals surface area (Å²) in [5, 5.41) is -0.499. The molecule has 0 atom stereocenters. The first-order valence-electron chi connectivity index (χ1n) is 7.35. The number of hydrogen-bond acceptors (Lipinski definition) is 1. The number of benzene rings is 2. The van der Waals surface area contributed by atoms with Crippen LogP contribution >= 0.6 is 17.0 Å². The molecule has 0 saturated heterocycles. The molecule has 134 valence electrons. The van der Waals surface area contributed by atoms with Gasteiger partial charge in [0.1, 0.15) is 0 Å². The normalized spacial score (nSPS) is 11.1. The maximum Gasteiger partial charge on any atom is 0.258 e. The Morgan fingerprint density at radius 3 is 2.27 bits per heavy atom. The van der Waals surface area contributed by atoms with Crippen molar-refractivity contribution in [1.29, 1.82) is 0 Å². The highest BCUT2D eigenvalue weighted by Crippen LogP contribution is 2.39. The number of nitrogens with zero attached hydrogens (tertiary/aromatic N) is 2. The summed E-state index contributed by atoms with van der Waals surface area (Å²) in [6.45, 7) is 0. The number of hydrogen-bond donors (Lipinski definition) is 0. The van der Waals surface area contributed by atoms with Gasteiger partial charge in [-0.2, -0.15) is 9.18 Å². The van der Waals surface area contributed by atoms with Gasteiger partial charge in [-0.25, -0.2) is 18.2 Å². The van der Waals surface area contributed by atoms with Crippen LogP contribution in [0.1, 0.15) is 11.3 Å². The third-order valence-electron chi connectivity index (χ3n) is 4.09. The smallest absolute Gasteiger partial charge is 0.246 e. The van der Waals surface area contributed by atoms with Crippen LogP contribution in [-0.2, 0) is 6.42 Å². The quantitative estimate of drug-likeness (QED) is 0.300. The number of aromatic nitrogens is 2.